The van der Waals surface area contributed by atoms with Gasteiger partial charge in [-0.05, 0) is 44.0 Å². The number of carbonyl (C=O) groups is 4. The summed E-state index contributed by atoms with van der Waals surface area (Å²) in [5.74, 6) is -3.36. The SMILES string of the molecule is CC(O)C(NC(=O)C(CS)NC(=O)C(Cc1ccc(O)cc1)NC(=O)C1CCCN1)C(=O)O. The van der Waals surface area contributed by atoms with Gasteiger partial charge in [-0.25, -0.2) is 4.79 Å². The Kier molecular flexibility index (Phi) is 9.95. The number of hydrogen-bond acceptors (Lipinski definition) is 8. The number of rotatable bonds is 11. The predicted molar refractivity (Wildman–Crippen MR) is 122 cm³/mol. The molecule has 1 aromatic rings. The van der Waals surface area contributed by atoms with E-state index in [4.69, 9.17) is 5.11 Å². The van der Waals surface area contributed by atoms with Crippen molar-refractivity contribution in [2.45, 2.75) is 56.5 Å². The predicted octanol–water partition coefficient (Wildman–Crippen LogP) is -1.46. The lowest BCUT2D eigenvalue weighted by Gasteiger charge is -2.25. The molecule has 182 valence electrons. The van der Waals surface area contributed by atoms with E-state index >= 15 is 0 Å². The Labute approximate surface area is 196 Å². The van der Waals surface area contributed by atoms with Crippen LogP contribution in [-0.4, -0.2) is 81.6 Å². The van der Waals surface area contributed by atoms with E-state index in [2.05, 4.69) is 33.9 Å². The highest BCUT2D eigenvalue weighted by Crippen LogP contribution is 2.12. The van der Waals surface area contributed by atoms with Crippen LogP contribution in [0.15, 0.2) is 24.3 Å². The fourth-order valence-corrected chi connectivity index (χ4v) is 3.62. The highest BCUT2D eigenvalue weighted by molar-refractivity contribution is 7.80. The molecule has 1 aliphatic heterocycles. The van der Waals surface area contributed by atoms with Gasteiger partial charge in [-0.3, -0.25) is 14.4 Å². The van der Waals surface area contributed by atoms with Crippen LogP contribution in [0.2, 0.25) is 0 Å². The minimum absolute atomic E-state index is 0.0526. The molecule has 5 atom stereocenters. The third-order valence-corrected chi connectivity index (χ3v) is 5.61. The van der Waals surface area contributed by atoms with Crippen molar-refractivity contribution in [1.29, 1.82) is 0 Å². The number of aromatic hydroxyl groups is 1. The number of carboxylic acids is 1. The Morgan fingerprint density at radius 3 is 2.24 bits per heavy atom. The second-order valence-corrected chi connectivity index (χ2v) is 8.25. The number of aliphatic hydroxyl groups is 1. The first kappa shape index (κ1) is 26.4. The Bertz CT molecular complexity index is 844. The lowest BCUT2D eigenvalue weighted by molar-refractivity contribution is -0.145. The van der Waals surface area contributed by atoms with Gasteiger partial charge in [0.15, 0.2) is 6.04 Å². The van der Waals surface area contributed by atoms with Crippen LogP contribution in [0.3, 0.4) is 0 Å². The summed E-state index contributed by atoms with van der Waals surface area (Å²) in [7, 11) is 0. The highest BCUT2D eigenvalue weighted by Gasteiger charge is 2.32. The van der Waals surface area contributed by atoms with Gasteiger partial charge in [-0.1, -0.05) is 12.1 Å². The van der Waals surface area contributed by atoms with Crippen molar-refractivity contribution in [2.24, 2.45) is 0 Å². The quantitative estimate of drug-likeness (QED) is 0.176. The molecule has 0 aromatic heterocycles. The molecule has 33 heavy (non-hydrogen) atoms. The molecular formula is C21H30N4O7S. The van der Waals surface area contributed by atoms with Crippen LogP contribution in [-0.2, 0) is 25.6 Å². The number of nitrogens with one attached hydrogen (secondary N) is 4. The molecule has 1 aromatic carbocycles. The van der Waals surface area contributed by atoms with Crippen LogP contribution in [0, 0.1) is 0 Å². The lowest BCUT2D eigenvalue weighted by Crippen LogP contribution is -2.59. The second-order valence-electron chi connectivity index (χ2n) is 7.89. The van der Waals surface area contributed by atoms with E-state index in [-0.39, 0.29) is 23.8 Å². The van der Waals surface area contributed by atoms with Crippen LogP contribution >= 0.6 is 12.6 Å². The Morgan fingerprint density at radius 2 is 1.73 bits per heavy atom. The first-order valence-electron chi connectivity index (χ1n) is 10.6. The Hall–Kier alpha value is -2.83. The number of hydrogen-bond donors (Lipinski definition) is 8. The number of carbonyl (C=O) groups excluding carboxylic acids is 3. The van der Waals surface area contributed by atoms with Crippen molar-refractivity contribution in [3.8, 4) is 5.75 Å². The summed E-state index contributed by atoms with van der Waals surface area (Å²) >= 11 is 4.06. The zero-order valence-electron chi connectivity index (χ0n) is 18.2. The number of thiol groups is 1. The topological polar surface area (TPSA) is 177 Å². The van der Waals surface area contributed by atoms with Gasteiger partial charge in [0.05, 0.1) is 12.1 Å². The first-order chi connectivity index (χ1) is 15.6. The molecule has 0 spiro atoms. The summed E-state index contributed by atoms with van der Waals surface area (Å²) in [4.78, 5) is 49.4. The third kappa shape index (κ3) is 7.91. The van der Waals surface area contributed by atoms with Crippen LogP contribution in [0.4, 0.5) is 0 Å². The number of aliphatic hydroxyl groups excluding tert-OH is 1. The van der Waals surface area contributed by atoms with Crippen molar-refractivity contribution < 1.29 is 34.5 Å². The largest absolute Gasteiger partial charge is 0.508 e. The van der Waals surface area contributed by atoms with Crippen LogP contribution in [0.5, 0.6) is 5.75 Å². The molecule has 12 heteroatoms. The molecule has 5 unspecified atom stereocenters. The number of amides is 3. The maximum absolute atomic E-state index is 13.0. The van der Waals surface area contributed by atoms with Crippen LogP contribution in [0.1, 0.15) is 25.3 Å². The van der Waals surface area contributed by atoms with E-state index in [0.717, 1.165) is 6.42 Å². The average Bonchev–Trinajstić information content (AvgIpc) is 3.31. The molecule has 0 saturated carbocycles. The van der Waals surface area contributed by atoms with E-state index in [0.29, 0.717) is 18.5 Å². The summed E-state index contributed by atoms with van der Waals surface area (Å²) in [6, 6.07) is 1.91. The summed E-state index contributed by atoms with van der Waals surface area (Å²) in [5.41, 5.74) is 0.666. The van der Waals surface area contributed by atoms with Crippen LogP contribution < -0.4 is 21.3 Å². The Balaban J connectivity index is 2.13. The summed E-state index contributed by atoms with van der Waals surface area (Å²) in [6.45, 7) is 1.91. The first-order valence-corrected chi connectivity index (χ1v) is 11.2. The third-order valence-electron chi connectivity index (χ3n) is 5.25. The molecule has 1 heterocycles. The van der Waals surface area contributed by atoms with Crippen LogP contribution in [0.25, 0.3) is 0 Å². The lowest BCUT2D eigenvalue weighted by atomic mass is 10.0. The van der Waals surface area contributed by atoms with Gasteiger partial charge in [-0.2, -0.15) is 12.6 Å². The van der Waals surface area contributed by atoms with Crippen molar-refractivity contribution in [2.75, 3.05) is 12.3 Å². The van der Waals surface area contributed by atoms with Gasteiger partial charge in [0.2, 0.25) is 17.7 Å². The van der Waals surface area contributed by atoms with Gasteiger partial charge in [0.25, 0.3) is 0 Å². The average molecular weight is 483 g/mol. The summed E-state index contributed by atoms with van der Waals surface area (Å²) in [6.07, 6.45) is 0.208. The smallest absolute Gasteiger partial charge is 0.328 e. The summed E-state index contributed by atoms with van der Waals surface area (Å²) < 4.78 is 0. The second kappa shape index (κ2) is 12.4. The molecule has 0 aliphatic carbocycles. The monoisotopic (exact) mass is 482 g/mol. The van der Waals surface area contributed by atoms with Gasteiger partial charge in [0.1, 0.15) is 17.8 Å². The standard InChI is InChI=1S/C21H30N4O7S/c1-11(26)17(21(31)32)25-20(30)16(10-33)24-19(29)15(9-12-4-6-13(27)7-5-12)23-18(28)14-3-2-8-22-14/h4-7,11,14-17,22,26-27,33H,2-3,8-10H2,1H3,(H,23,28)(H,24,29)(H,25,30)(H,31,32). The van der Waals surface area contributed by atoms with Gasteiger partial charge in [-0.15, -0.1) is 0 Å². The zero-order valence-corrected chi connectivity index (χ0v) is 19.0. The maximum Gasteiger partial charge on any atom is 0.328 e. The fourth-order valence-electron chi connectivity index (χ4n) is 3.37. The van der Waals surface area contributed by atoms with E-state index in [1.807, 2.05) is 0 Å². The normalized spacial score (nSPS) is 19.1. The minimum Gasteiger partial charge on any atom is -0.508 e. The van der Waals surface area contributed by atoms with Crippen molar-refractivity contribution in [1.82, 2.24) is 21.3 Å². The fraction of sp³-hybridized carbons (Fsp3) is 0.524. The van der Waals surface area contributed by atoms with Crippen molar-refractivity contribution in [3.05, 3.63) is 29.8 Å². The van der Waals surface area contributed by atoms with E-state index < -0.39 is 48.1 Å². The summed E-state index contributed by atoms with van der Waals surface area (Å²) in [5, 5.41) is 38.6. The van der Waals surface area contributed by atoms with Crippen molar-refractivity contribution >= 4 is 36.3 Å². The molecule has 0 radical (unpaired) electrons. The van der Waals surface area contributed by atoms with Gasteiger partial charge in [0, 0.05) is 12.2 Å². The molecule has 2 rings (SSSR count). The maximum atomic E-state index is 13.0. The Morgan fingerprint density at radius 1 is 1.09 bits per heavy atom. The number of benzene rings is 1. The molecule has 1 aliphatic rings. The van der Waals surface area contributed by atoms with Crippen molar-refractivity contribution in [3.63, 3.8) is 0 Å². The number of aliphatic carboxylic acids is 1. The zero-order chi connectivity index (χ0) is 24.5. The van der Waals surface area contributed by atoms with Gasteiger partial charge < -0.3 is 36.6 Å². The number of phenols is 1. The number of carboxylic acid groups (broad SMARTS) is 1. The minimum atomic E-state index is -1.56. The van der Waals surface area contributed by atoms with Gasteiger partial charge >= 0.3 is 5.97 Å². The highest BCUT2D eigenvalue weighted by atomic mass is 32.1. The molecule has 7 N–H and O–H groups in total. The molecular weight excluding hydrogens is 452 g/mol. The van der Waals surface area contributed by atoms with E-state index in [1.54, 1.807) is 12.1 Å². The molecule has 11 nitrogen and oxygen atoms in total. The molecule has 3 amide bonds. The molecule has 1 fully saturated rings. The number of phenolic OH excluding ortho intramolecular Hbond substituents is 1. The van der Waals surface area contributed by atoms with E-state index in [9.17, 15) is 29.4 Å². The molecule has 0 bridgehead atoms. The van der Waals surface area contributed by atoms with E-state index in [1.165, 1.54) is 19.1 Å². The molecule has 1 saturated heterocycles.